The van der Waals surface area contributed by atoms with E-state index >= 15 is 0 Å². The van der Waals surface area contributed by atoms with Crippen molar-refractivity contribution in [3.63, 3.8) is 0 Å². The first kappa shape index (κ1) is 23.1. The van der Waals surface area contributed by atoms with Crippen molar-refractivity contribution in [1.82, 2.24) is 24.8 Å². The molecule has 0 aliphatic heterocycles. The van der Waals surface area contributed by atoms with Crippen molar-refractivity contribution in [1.29, 1.82) is 0 Å². The molecule has 184 valence electrons. The monoisotopic (exact) mass is 498 g/mol. The van der Waals surface area contributed by atoms with E-state index in [-0.39, 0.29) is 12.5 Å². The van der Waals surface area contributed by atoms with E-state index < -0.39 is 0 Å². The van der Waals surface area contributed by atoms with Crippen LogP contribution in [0.5, 0.6) is 5.75 Å². The Morgan fingerprint density at radius 3 is 2.45 bits per heavy atom. The van der Waals surface area contributed by atoms with Crippen molar-refractivity contribution >= 4 is 17.2 Å². The number of anilines is 1. The number of aromatic nitrogens is 5. The highest BCUT2D eigenvalue weighted by molar-refractivity contribution is 5.92. The van der Waals surface area contributed by atoms with Gasteiger partial charge in [-0.1, -0.05) is 66.7 Å². The lowest BCUT2D eigenvalue weighted by Gasteiger charge is -2.12. The molecule has 3 aromatic heterocycles. The lowest BCUT2D eigenvalue weighted by Crippen LogP contribution is -2.20. The number of hydrogen-bond acceptors (Lipinski definition) is 6. The second kappa shape index (κ2) is 10.3. The van der Waals surface area contributed by atoms with Crippen LogP contribution in [0.25, 0.3) is 39.5 Å². The van der Waals surface area contributed by atoms with Crippen LogP contribution in [0, 0.1) is 0 Å². The zero-order chi connectivity index (χ0) is 25.7. The Kier molecular flexibility index (Phi) is 6.26. The van der Waals surface area contributed by atoms with Crippen molar-refractivity contribution in [3.8, 4) is 39.7 Å². The normalized spacial score (nSPS) is 10.8. The number of nitrogens with one attached hydrogen (secondary N) is 1. The highest BCUT2D eigenvalue weighted by Gasteiger charge is 2.13. The van der Waals surface area contributed by atoms with Crippen LogP contribution in [0.3, 0.4) is 0 Å². The Morgan fingerprint density at radius 2 is 1.58 bits per heavy atom. The number of carbonyl (C=O) groups is 1. The summed E-state index contributed by atoms with van der Waals surface area (Å²) in [6, 6.07) is 34.4. The summed E-state index contributed by atoms with van der Waals surface area (Å²) in [5.74, 6) is 0.947. The van der Waals surface area contributed by atoms with Gasteiger partial charge in [-0.25, -0.2) is 0 Å². The topological polar surface area (TPSA) is 94.3 Å². The number of pyridine rings is 1. The molecule has 3 heterocycles. The standard InChI is InChI=1S/C30H22N6O2/c37-29(20-38-27-15-5-4-13-24(27)21-9-2-1-3-10-21)32-23-12-8-11-22(19-23)25-16-17-28-33-34-30(36(28)35-25)26-14-6-7-18-31-26/h1-19H,20H2,(H,32,37). The summed E-state index contributed by atoms with van der Waals surface area (Å²) in [6.45, 7) is -0.119. The van der Waals surface area contributed by atoms with Gasteiger partial charge < -0.3 is 10.1 Å². The number of para-hydroxylation sites is 1. The maximum atomic E-state index is 12.7. The van der Waals surface area contributed by atoms with Crippen molar-refractivity contribution < 1.29 is 9.53 Å². The minimum atomic E-state index is -0.260. The molecule has 0 aliphatic carbocycles. The number of nitrogens with zero attached hydrogens (tertiary/aromatic N) is 5. The lowest BCUT2D eigenvalue weighted by atomic mass is 10.1. The summed E-state index contributed by atoms with van der Waals surface area (Å²) in [4.78, 5) is 17.1. The van der Waals surface area contributed by atoms with E-state index in [4.69, 9.17) is 9.84 Å². The lowest BCUT2D eigenvalue weighted by molar-refractivity contribution is -0.118. The number of fused-ring (bicyclic) bond motifs is 1. The van der Waals surface area contributed by atoms with Gasteiger partial charge in [0.25, 0.3) is 5.91 Å². The van der Waals surface area contributed by atoms with Gasteiger partial charge in [0, 0.05) is 23.0 Å². The molecule has 6 aromatic rings. The molecule has 8 heteroatoms. The molecule has 0 bridgehead atoms. The van der Waals surface area contributed by atoms with Gasteiger partial charge in [0.2, 0.25) is 5.82 Å². The molecule has 0 aliphatic rings. The number of hydrogen-bond donors (Lipinski definition) is 1. The zero-order valence-electron chi connectivity index (χ0n) is 20.2. The van der Waals surface area contributed by atoms with E-state index in [0.717, 1.165) is 16.7 Å². The zero-order valence-corrected chi connectivity index (χ0v) is 20.2. The smallest absolute Gasteiger partial charge is 0.262 e. The minimum absolute atomic E-state index is 0.119. The maximum absolute atomic E-state index is 12.7. The summed E-state index contributed by atoms with van der Waals surface area (Å²) in [7, 11) is 0. The summed E-state index contributed by atoms with van der Waals surface area (Å²) in [5, 5.41) is 16.1. The third-order valence-electron chi connectivity index (χ3n) is 5.93. The molecule has 6 rings (SSSR count). The van der Waals surface area contributed by atoms with Crippen LogP contribution in [-0.4, -0.2) is 37.3 Å². The van der Waals surface area contributed by atoms with E-state index in [0.29, 0.717) is 34.3 Å². The fourth-order valence-corrected chi connectivity index (χ4v) is 4.14. The first-order chi connectivity index (χ1) is 18.7. The largest absolute Gasteiger partial charge is 0.483 e. The van der Waals surface area contributed by atoms with Crippen LogP contribution in [0.1, 0.15) is 0 Å². The Bertz CT molecular complexity index is 1720. The number of benzene rings is 3. The molecule has 1 amide bonds. The molecule has 8 nitrogen and oxygen atoms in total. The second-order valence-corrected chi connectivity index (χ2v) is 8.51. The van der Waals surface area contributed by atoms with Crippen LogP contribution in [0.15, 0.2) is 115 Å². The number of ether oxygens (including phenoxy) is 1. The van der Waals surface area contributed by atoms with Gasteiger partial charge in [0.1, 0.15) is 11.4 Å². The second-order valence-electron chi connectivity index (χ2n) is 8.51. The van der Waals surface area contributed by atoms with E-state index in [9.17, 15) is 4.79 Å². The van der Waals surface area contributed by atoms with E-state index in [2.05, 4.69) is 20.5 Å². The molecule has 0 radical (unpaired) electrons. The van der Waals surface area contributed by atoms with Gasteiger partial charge >= 0.3 is 0 Å². The number of rotatable bonds is 7. The molecular formula is C30H22N6O2. The first-order valence-corrected chi connectivity index (χ1v) is 12.1. The molecule has 0 saturated carbocycles. The van der Waals surface area contributed by atoms with E-state index in [1.54, 1.807) is 10.7 Å². The number of amides is 1. The fourth-order valence-electron chi connectivity index (χ4n) is 4.14. The van der Waals surface area contributed by atoms with Crippen molar-refractivity contribution in [2.24, 2.45) is 0 Å². The van der Waals surface area contributed by atoms with E-state index in [1.165, 1.54) is 0 Å². The molecule has 0 spiro atoms. The average molecular weight is 499 g/mol. The van der Waals surface area contributed by atoms with Crippen molar-refractivity contribution in [3.05, 3.63) is 115 Å². The minimum Gasteiger partial charge on any atom is -0.483 e. The van der Waals surface area contributed by atoms with Crippen LogP contribution in [0.2, 0.25) is 0 Å². The SMILES string of the molecule is O=C(COc1ccccc1-c1ccccc1)Nc1cccc(-c2ccc3nnc(-c4ccccn4)n3n2)c1. The van der Waals surface area contributed by atoms with Crippen molar-refractivity contribution in [2.75, 3.05) is 11.9 Å². The van der Waals surface area contributed by atoms with Crippen LogP contribution in [0.4, 0.5) is 5.69 Å². The Labute approximate surface area is 218 Å². The molecule has 0 unspecified atom stereocenters. The molecule has 1 N–H and O–H groups in total. The predicted octanol–water partition coefficient (Wildman–Crippen LogP) is 5.54. The molecule has 38 heavy (non-hydrogen) atoms. The Balaban J connectivity index is 1.18. The van der Waals surface area contributed by atoms with Gasteiger partial charge in [-0.3, -0.25) is 9.78 Å². The molecular weight excluding hydrogens is 476 g/mol. The van der Waals surface area contributed by atoms with E-state index in [1.807, 2.05) is 109 Å². The quantitative estimate of drug-likeness (QED) is 0.311. The van der Waals surface area contributed by atoms with Crippen LogP contribution < -0.4 is 10.1 Å². The predicted molar refractivity (Wildman–Crippen MR) is 145 cm³/mol. The third-order valence-corrected chi connectivity index (χ3v) is 5.93. The van der Waals surface area contributed by atoms with Gasteiger partial charge in [0.05, 0.1) is 5.69 Å². The number of carbonyl (C=O) groups excluding carboxylic acids is 1. The van der Waals surface area contributed by atoms with Gasteiger partial charge in [-0.2, -0.15) is 9.61 Å². The average Bonchev–Trinajstić information content (AvgIpc) is 3.41. The van der Waals surface area contributed by atoms with Crippen LogP contribution in [-0.2, 0) is 4.79 Å². The van der Waals surface area contributed by atoms with Gasteiger partial charge in [0.15, 0.2) is 12.3 Å². The first-order valence-electron chi connectivity index (χ1n) is 12.1. The summed E-state index contributed by atoms with van der Waals surface area (Å²) in [5.41, 5.74) is 5.44. The molecule has 3 aromatic carbocycles. The van der Waals surface area contributed by atoms with Crippen molar-refractivity contribution in [2.45, 2.75) is 0 Å². The molecule has 0 fully saturated rings. The summed E-state index contributed by atoms with van der Waals surface area (Å²) in [6.07, 6.45) is 1.70. The summed E-state index contributed by atoms with van der Waals surface area (Å²) >= 11 is 0. The maximum Gasteiger partial charge on any atom is 0.262 e. The molecule has 0 atom stereocenters. The highest BCUT2D eigenvalue weighted by atomic mass is 16.5. The highest BCUT2D eigenvalue weighted by Crippen LogP contribution is 2.29. The van der Waals surface area contributed by atoms with Gasteiger partial charge in [-0.05, 0) is 48.0 Å². The van der Waals surface area contributed by atoms with Crippen LogP contribution >= 0.6 is 0 Å². The molecule has 0 saturated heterocycles. The summed E-state index contributed by atoms with van der Waals surface area (Å²) < 4.78 is 7.56. The Morgan fingerprint density at radius 1 is 0.763 bits per heavy atom. The van der Waals surface area contributed by atoms with Gasteiger partial charge in [-0.15, -0.1) is 10.2 Å². The third kappa shape index (κ3) is 4.83. The Hall–Kier alpha value is -5.37. The fraction of sp³-hybridized carbons (Fsp3) is 0.0333.